The summed E-state index contributed by atoms with van der Waals surface area (Å²) in [5, 5.41) is 7.36. The number of rotatable bonds is 3. The minimum atomic E-state index is -0.387. The number of hydrogen-bond donors (Lipinski definition) is 1. The molecule has 3 rings (SSSR count). The van der Waals surface area contributed by atoms with Gasteiger partial charge in [0.2, 0.25) is 5.88 Å². The van der Waals surface area contributed by atoms with Gasteiger partial charge in [-0.3, -0.25) is 4.79 Å². The van der Waals surface area contributed by atoms with Crippen LogP contribution in [0.2, 0.25) is 10.0 Å². The third-order valence-electron chi connectivity index (χ3n) is 3.17. The van der Waals surface area contributed by atoms with Crippen molar-refractivity contribution in [3.05, 3.63) is 40.0 Å². The molecular formula is C14H13Cl2N3O3. The molecule has 0 aliphatic carbocycles. The van der Waals surface area contributed by atoms with Gasteiger partial charge in [-0.15, -0.1) is 0 Å². The van der Waals surface area contributed by atoms with Crippen LogP contribution in [0.25, 0.3) is 0 Å². The fourth-order valence-corrected chi connectivity index (χ4v) is 2.65. The highest BCUT2D eigenvalue weighted by Gasteiger charge is 2.19. The highest BCUT2D eigenvalue weighted by molar-refractivity contribution is 6.35. The summed E-state index contributed by atoms with van der Waals surface area (Å²) in [5.41, 5.74) is 0.691. The van der Waals surface area contributed by atoms with E-state index in [9.17, 15) is 4.79 Å². The summed E-state index contributed by atoms with van der Waals surface area (Å²) < 4.78 is 10.5. The van der Waals surface area contributed by atoms with Crippen LogP contribution in [0.1, 0.15) is 10.5 Å². The Kier molecular flexibility index (Phi) is 4.52. The minimum Gasteiger partial charge on any atom is -0.378 e. The van der Waals surface area contributed by atoms with E-state index in [2.05, 4.69) is 10.5 Å². The summed E-state index contributed by atoms with van der Waals surface area (Å²) in [7, 11) is 0. The van der Waals surface area contributed by atoms with Gasteiger partial charge in [-0.05, 0) is 18.2 Å². The van der Waals surface area contributed by atoms with Crippen LogP contribution in [0.4, 0.5) is 11.6 Å². The van der Waals surface area contributed by atoms with Crippen molar-refractivity contribution in [3.63, 3.8) is 0 Å². The lowest BCUT2D eigenvalue weighted by Gasteiger charge is -2.25. The van der Waals surface area contributed by atoms with E-state index in [1.807, 2.05) is 4.90 Å². The molecule has 0 spiro atoms. The zero-order valence-corrected chi connectivity index (χ0v) is 13.0. The van der Waals surface area contributed by atoms with Crippen LogP contribution in [0, 0.1) is 0 Å². The highest BCUT2D eigenvalue weighted by atomic mass is 35.5. The molecule has 1 fully saturated rings. The molecule has 2 heterocycles. The first-order valence-electron chi connectivity index (χ1n) is 6.69. The Morgan fingerprint density at radius 3 is 2.50 bits per heavy atom. The van der Waals surface area contributed by atoms with Gasteiger partial charge in [-0.1, -0.05) is 28.4 Å². The van der Waals surface area contributed by atoms with E-state index < -0.39 is 0 Å². The standard InChI is InChI=1S/C14H13Cl2N3O3/c15-9-5-10(16)7-11(6-9)17-14(20)12-8-13(22-18-12)19-1-3-21-4-2-19/h5-8H,1-4H2,(H,17,20). The Morgan fingerprint density at radius 2 is 1.82 bits per heavy atom. The van der Waals surface area contributed by atoms with E-state index in [0.29, 0.717) is 47.9 Å². The number of morpholine rings is 1. The highest BCUT2D eigenvalue weighted by Crippen LogP contribution is 2.23. The van der Waals surface area contributed by atoms with E-state index in [-0.39, 0.29) is 11.6 Å². The zero-order chi connectivity index (χ0) is 15.5. The lowest BCUT2D eigenvalue weighted by atomic mass is 10.3. The maximum atomic E-state index is 12.2. The third-order valence-corrected chi connectivity index (χ3v) is 3.61. The summed E-state index contributed by atoms with van der Waals surface area (Å²) >= 11 is 11.8. The molecule has 0 unspecified atom stereocenters. The lowest BCUT2D eigenvalue weighted by molar-refractivity contribution is 0.101. The van der Waals surface area contributed by atoms with Gasteiger partial charge in [0.15, 0.2) is 5.69 Å². The van der Waals surface area contributed by atoms with Crippen LogP contribution >= 0.6 is 23.2 Å². The second-order valence-electron chi connectivity index (χ2n) is 4.76. The van der Waals surface area contributed by atoms with E-state index in [4.69, 9.17) is 32.5 Å². The molecule has 2 aromatic rings. The smallest absolute Gasteiger partial charge is 0.277 e. The molecule has 1 aromatic carbocycles. The van der Waals surface area contributed by atoms with Crippen molar-refractivity contribution < 1.29 is 14.1 Å². The SMILES string of the molecule is O=C(Nc1cc(Cl)cc(Cl)c1)c1cc(N2CCOCC2)on1. The monoisotopic (exact) mass is 341 g/mol. The van der Waals surface area contributed by atoms with Crippen LogP contribution in [0.3, 0.4) is 0 Å². The summed E-state index contributed by atoms with van der Waals surface area (Å²) in [6.45, 7) is 2.67. The van der Waals surface area contributed by atoms with E-state index in [1.54, 1.807) is 24.3 Å². The van der Waals surface area contributed by atoms with E-state index in [1.165, 1.54) is 0 Å². The Morgan fingerprint density at radius 1 is 1.14 bits per heavy atom. The number of nitrogens with zero attached hydrogens (tertiary/aromatic N) is 2. The number of anilines is 2. The van der Waals surface area contributed by atoms with Gasteiger partial charge < -0.3 is 19.5 Å². The summed E-state index contributed by atoms with van der Waals surface area (Å²) in [5.74, 6) is 0.166. The summed E-state index contributed by atoms with van der Waals surface area (Å²) in [6.07, 6.45) is 0. The normalized spacial score (nSPS) is 14.9. The van der Waals surface area contributed by atoms with Gasteiger partial charge in [0.25, 0.3) is 5.91 Å². The molecule has 0 radical (unpaired) electrons. The van der Waals surface area contributed by atoms with Gasteiger partial charge >= 0.3 is 0 Å². The van der Waals surface area contributed by atoms with Gasteiger partial charge in [0, 0.05) is 34.9 Å². The molecule has 1 aliphatic heterocycles. The molecule has 6 nitrogen and oxygen atoms in total. The van der Waals surface area contributed by atoms with Crippen molar-refractivity contribution in [2.24, 2.45) is 0 Å². The van der Waals surface area contributed by atoms with Crippen molar-refractivity contribution in [2.75, 3.05) is 36.5 Å². The van der Waals surface area contributed by atoms with Crippen LogP contribution in [0.15, 0.2) is 28.8 Å². The number of benzene rings is 1. The molecule has 1 aliphatic rings. The predicted molar refractivity (Wildman–Crippen MR) is 84.0 cm³/mol. The number of carbonyl (C=O) groups is 1. The molecule has 1 aromatic heterocycles. The number of aromatic nitrogens is 1. The zero-order valence-electron chi connectivity index (χ0n) is 11.5. The molecule has 8 heteroatoms. The maximum absolute atomic E-state index is 12.2. The van der Waals surface area contributed by atoms with E-state index >= 15 is 0 Å². The Labute approximate surface area is 136 Å². The van der Waals surface area contributed by atoms with Crippen LogP contribution in [-0.2, 0) is 4.74 Å². The molecule has 0 bridgehead atoms. The van der Waals surface area contributed by atoms with Crippen LogP contribution in [0.5, 0.6) is 0 Å². The van der Waals surface area contributed by atoms with Gasteiger partial charge in [0.05, 0.1) is 13.2 Å². The number of carbonyl (C=O) groups excluding carboxylic acids is 1. The lowest BCUT2D eigenvalue weighted by Crippen LogP contribution is -2.35. The molecule has 1 amide bonds. The summed E-state index contributed by atoms with van der Waals surface area (Å²) in [6, 6.07) is 6.40. The number of halogens is 2. The van der Waals surface area contributed by atoms with E-state index in [0.717, 1.165) is 0 Å². The van der Waals surface area contributed by atoms with Crippen molar-refractivity contribution in [1.29, 1.82) is 0 Å². The summed E-state index contributed by atoms with van der Waals surface area (Å²) in [4.78, 5) is 14.1. The molecular weight excluding hydrogens is 329 g/mol. The minimum absolute atomic E-state index is 0.192. The largest absolute Gasteiger partial charge is 0.378 e. The Bertz CT molecular complexity index is 663. The molecule has 1 N–H and O–H groups in total. The second kappa shape index (κ2) is 6.56. The molecule has 22 heavy (non-hydrogen) atoms. The molecule has 0 saturated carbocycles. The quantitative estimate of drug-likeness (QED) is 0.929. The molecule has 0 atom stereocenters. The van der Waals surface area contributed by atoms with Crippen molar-refractivity contribution >= 4 is 40.7 Å². The number of hydrogen-bond acceptors (Lipinski definition) is 5. The van der Waals surface area contributed by atoms with Gasteiger partial charge in [-0.25, -0.2) is 0 Å². The fraction of sp³-hybridized carbons (Fsp3) is 0.286. The first-order chi connectivity index (χ1) is 10.6. The van der Waals surface area contributed by atoms with Crippen LogP contribution < -0.4 is 10.2 Å². The first kappa shape index (κ1) is 15.1. The number of ether oxygens (including phenoxy) is 1. The fourth-order valence-electron chi connectivity index (χ4n) is 2.13. The van der Waals surface area contributed by atoms with Gasteiger partial charge in [0.1, 0.15) is 0 Å². The van der Waals surface area contributed by atoms with Crippen LogP contribution in [-0.4, -0.2) is 37.4 Å². The average molecular weight is 342 g/mol. The molecule has 1 saturated heterocycles. The van der Waals surface area contributed by atoms with Crippen molar-refractivity contribution in [2.45, 2.75) is 0 Å². The van der Waals surface area contributed by atoms with Crippen molar-refractivity contribution in [3.8, 4) is 0 Å². The van der Waals surface area contributed by atoms with Crippen molar-refractivity contribution in [1.82, 2.24) is 5.16 Å². The predicted octanol–water partition coefficient (Wildman–Crippen LogP) is 3.07. The first-order valence-corrected chi connectivity index (χ1v) is 7.44. The van der Waals surface area contributed by atoms with Gasteiger partial charge in [-0.2, -0.15) is 0 Å². The Hall–Kier alpha value is -1.76. The Balaban J connectivity index is 1.71. The average Bonchev–Trinajstić information content (AvgIpc) is 2.97. The third kappa shape index (κ3) is 3.52. The second-order valence-corrected chi connectivity index (χ2v) is 5.63. The topological polar surface area (TPSA) is 67.6 Å². The number of nitrogens with one attached hydrogen (secondary N) is 1. The molecule has 116 valence electrons. The number of amides is 1. The maximum Gasteiger partial charge on any atom is 0.277 e.